The largest absolute Gasteiger partial charge is 0.454 e. The van der Waals surface area contributed by atoms with Crippen molar-refractivity contribution >= 4 is 34.9 Å². The van der Waals surface area contributed by atoms with Gasteiger partial charge in [0.2, 0.25) is 6.79 Å². The predicted octanol–water partition coefficient (Wildman–Crippen LogP) is 2.77. The fourth-order valence-corrected chi connectivity index (χ4v) is 2.37. The molecule has 0 radical (unpaired) electrons. The van der Waals surface area contributed by atoms with Crippen molar-refractivity contribution < 1.29 is 28.7 Å². The zero-order valence-corrected chi connectivity index (χ0v) is 13.8. The van der Waals surface area contributed by atoms with E-state index in [1.807, 2.05) is 0 Å². The number of carbonyl (C=O) groups is 2. The number of hydrogen-bond acceptors (Lipinski definition) is 7. The van der Waals surface area contributed by atoms with Crippen LogP contribution in [0.2, 0.25) is 5.02 Å². The van der Waals surface area contributed by atoms with Gasteiger partial charge in [-0.2, -0.15) is 0 Å². The lowest BCUT2D eigenvalue weighted by Gasteiger charge is -2.08. The number of anilines is 1. The smallest absolute Gasteiger partial charge is 0.338 e. The van der Waals surface area contributed by atoms with E-state index in [9.17, 15) is 19.7 Å². The summed E-state index contributed by atoms with van der Waals surface area (Å²) in [7, 11) is 0. The summed E-state index contributed by atoms with van der Waals surface area (Å²) in [5.41, 5.74) is 0.166. The molecule has 26 heavy (non-hydrogen) atoms. The molecule has 0 bridgehead atoms. The van der Waals surface area contributed by atoms with Gasteiger partial charge in [-0.25, -0.2) is 4.79 Å². The minimum atomic E-state index is -0.715. The van der Waals surface area contributed by atoms with Gasteiger partial charge in [0.15, 0.2) is 18.1 Å². The van der Waals surface area contributed by atoms with Crippen molar-refractivity contribution in [3.8, 4) is 11.5 Å². The van der Waals surface area contributed by atoms with E-state index < -0.39 is 23.4 Å². The number of fused-ring (bicyclic) bond motifs is 1. The molecule has 1 N–H and O–H groups in total. The number of nitrogens with one attached hydrogen (secondary N) is 1. The lowest BCUT2D eigenvalue weighted by molar-refractivity contribution is -0.384. The second kappa shape index (κ2) is 7.28. The topological polar surface area (TPSA) is 117 Å². The number of rotatable bonds is 5. The number of nitro groups is 1. The molecular weight excluding hydrogens is 368 g/mol. The highest BCUT2D eigenvalue weighted by Crippen LogP contribution is 2.32. The number of hydrogen-bond donors (Lipinski definition) is 1. The predicted molar refractivity (Wildman–Crippen MR) is 89.6 cm³/mol. The van der Waals surface area contributed by atoms with E-state index >= 15 is 0 Å². The Morgan fingerprint density at radius 3 is 2.69 bits per heavy atom. The molecule has 0 unspecified atom stereocenters. The molecule has 0 spiro atoms. The molecule has 0 aromatic heterocycles. The molecular formula is C16H11ClN2O7. The molecule has 1 amide bonds. The van der Waals surface area contributed by atoms with E-state index in [1.165, 1.54) is 24.3 Å². The van der Waals surface area contributed by atoms with Gasteiger partial charge in [0.1, 0.15) is 0 Å². The van der Waals surface area contributed by atoms with E-state index in [2.05, 4.69) is 5.32 Å². The van der Waals surface area contributed by atoms with Gasteiger partial charge in [-0.1, -0.05) is 11.6 Å². The van der Waals surface area contributed by atoms with E-state index in [-0.39, 0.29) is 28.8 Å². The average Bonchev–Trinajstić information content (AvgIpc) is 3.09. The quantitative estimate of drug-likeness (QED) is 0.483. The molecule has 0 fully saturated rings. The zero-order chi connectivity index (χ0) is 18.7. The van der Waals surface area contributed by atoms with Gasteiger partial charge >= 0.3 is 5.97 Å². The van der Waals surface area contributed by atoms with Crippen LogP contribution in [0.25, 0.3) is 0 Å². The number of nitro benzene ring substituents is 1. The maximum Gasteiger partial charge on any atom is 0.338 e. The molecule has 2 aromatic rings. The van der Waals surface area contributed by atoms with Crippen molar-refractivity contribution in [3.05, 3.63) is 57.1 Å². The summed E-state index contributed by atoms with van der Waals surface area (Å²) in [5.74, 6) is -0.420. The molecule has 10 heteroatoms. The first-order valence-corrected chi connectivity index (χ1v) is 7.62. The molecule has 1 aliphatic heterocycles. The van der Waals surface area contributed by atoms with Crippen LogP contribution in [0.4, 0.5) is 11.4 Å². The number of nitrogens with zero attached hydrogens (tertiary/aromatic N) is 1. The summed E-state index contributed by atoms with van der Waals surface area (Å²) in [6.45, 7) is -0.479. The third-order valence-electron chi connectivity index (χ3n) is 3.38. The Bertz CT molecular complexity index is 900. The van der Waals surface area contributed by atoms with E-state index in [4.69, 9.17) is 25.8 Å². The molecule has 9 nitrogen and oxygen atoms in total. The standard InChI is InChI=1S/C16H11ClN2O7/c17-11-6-10(19(22)23)2-3-12(11)18-15(20)7-24-16(21)9-1-4-13-14(5-9)26-8-25-13/h1-6H,7-8H2,(H,18,20). The van der Waals surface area contributed by atoms with Crippen molar-refractivity contribution in [2.24, 2.45) is 0 Å². The SMILES string of the molecule is O=C(COC(=O)c1ccc2c(c1)OCO2)Nc1ccc([N+](=O)[O-])cc1Cl. The Labute approximate surface area is 151 Å². The summed E-state index contributed by atoms with van der Waals surface area (Å²) >= 11 is 5.88. The van der Waals surface area contributed by atoms with Crippen LogP contribution < -0.4 is 14.8 Å². The summed E-state index contributed by atoms with van der Waals surface area (Å²) in [4.78, 5) is 33.9. The Morgan fingerprint density at radius 1 is 1.19 bits per heavy atom. The van der Waals surface area contributed by atoms with E-state index in [0.29, 0.717) is 11.5 Å². The third kappa shape index (κ3) is 3.83. The van der Waals surface area contributed by atoms with Crippen molar-refractivity contribution in [2.75, 3.05) is 18.7 Å². The highest BCUT2D eigenvalue weighted by molar-refractivity contribution is 6.34. The van der Waals surface area contributed by atoms with Gasteiger partial charge in [0, 0.05) is 12.1 Å². The molecule has 0 saturated heterocycles. The minimum absolute atomic E-state index is 0.00496. The molecule has 1 heterocycles. The van der Waals surface area contributed by atoms with Crippen molar-refractivity contribution in [2.45, 2.75) is 0 Å². The maximum atomic E-state index is 12.0. The first-order chi connectivity index (χ1) is 12.4. The van der Waals surface area contributed by atoms with Crippen molar-refractivity contribution in [1.29, 1.82) is 0 Å². The number of non-ortho nitro benzene ring substituents is 1. The molecule has 0 aliphatic carbocycles. The van der Waals surface area contributed by atoms with Crippen LogP contribution in [-0.2, 0) is 9.53 Å². The van der Waals surface area contributed by atoms with Gasteiger partial charge in [0.05, 0.1) is 21.2 Å². The van der Waals surface area contributed by atoms with Gasteiger partial charge < -0.3 is 19.5 Å². The van der Waals surface area contributed by atoms with Crippen LogP contribution in [0.3, 0.4) is 0 Å². The van der Waals surface area contributed by atoms with Crippen LogP contribution in [0.15, 0.2) is 36.4 Å². The molecule has 0 saturated carbocycles. The number of carbonyl (C=O) groups excluding carboxylic acids is 2. The summed E-state index contributed by atoms with van der Waals surface area (Å²) in [5, 5.41) is 13.1. The number of amides is 1. The monoisotopic (exact) mass is 378 g/mol. The summed E-state index contributed by atoms with van der Waals surface area (Å²) in [6, 6.07) is 8.10. The molecule has 0 atom stereocenters. The van der Waals surface area contributed by atoms with Gasteiger partial charge in [-0.3, -0.25) is 14.9 Å². The second-order valence-corrected chi connectivity index (χ2v) is 5.52. The summed E-state index contributed by atoms with van der Waals surface area (Å²) < 4.78 is 15.2. The normalized spacial score (nSPS) is 11.7. The highest BCUT2D eigenvalue weighted by atomic mass is 35.5. The van der Waals surface area contributed by atoms with Crippen LogP contribution in [0.1, 0.15) is 10.4 Å². The van der Waals surface area contributed by atoms with Crippen molar-refractivity contribution in [3.63, 3.8) is 0 Å². The molecule has 3 rings (SSSR count). The van der Waals surface area contributed by atoms with Crippen LogP contribution in [0, 0.1) is 10.1 Å². The average molecular weight is 379 g/mol. The summed E-state index contributed by atoms with van der Waals surface area (Å²) in [6.07, 6.45) is 0. The third-order valence-corrected chi connectivity index (χ3v) is 3.69. The van der Waals surface area contributed by atoms with Crippen LogP contribution in [0.5, 0.6) is 11.5 Å². The fourth-order valence-electron chi connectivity index (χ4n) is 2.14. The van der Waals surface area contributed by atoms with Gasteiger partial charge in [-0.05, 0) is 24.3 Å². The number of esters is 1. The van der Waals surface area contributed by atoms with Gasteiger partial charge in [0.25, 0.3) is 11.6 Å². The number of benzene rings is 2. The Balaban J connectivity index is 1.57. The first-order valence-electron chi connectivity index (χ1n) is 7.24. The Kier molecular flexibility index (Phi) is 4.90. The lowest BCUT2D eigenvalue weighted by atomic mass is 10.2. The highest BCUT2D eigenvalue weighted by Gasteiger charge is 2.18. The molecule has 2 aromatic carbocycles. The van der Waals surface area contributed by atoms with E-state index in [1.54, 1.807) is 6.07 Å². The number of halogens is 1. The number of ether oxygens (including phenoxy) is 3. The minimum Gasteiger partial charge on any atom is -0.454 e. The second-order valence-electron chi connectivity index (χ2n) is 5.11. The zero-order valence-electron chi connectivity index (χ0n) is 13.1. The van der Waals surface area contributed by atoms with E-state index in [0.717, 1.165) is 6.07 Å². The molecule has 134 valence electrons. The Morgan fingerprint density at radius 2 is 1.96 bits per heavy atom. The Hall–Kier alpha value is -3.33. The van der Waals surface area contributed by atoms with Gasteiger partial charge in [-0.15, -0.1) is 0 Å². The lowest BCUT2D eigenvalue weighted by Crippen LogP contribution is -2.21. The molecule has 1 aliphatic rings. The fraction of sp³-hybridized carbons (Fsp3) is 0.125. The van der Waals surface area contributed by atoms with Crippen molar-refractivity contribution in [1.82, 2.24) is 0 Å². The van der Waals surface area contributed by atoms with Crippen LogP contribution in [-0.4, -0.2) is 30.2 Å². The first kappa shape index (κ1) is 17.5. The maximum absolute atomic E-state index is 12.0. The van der Waals surface area contributed by atoms with Crippen LogP contribution >= 0.6 is 11.6 Å².